The molecular weight excluding hydrogens is 392 g/mol. The van der Waals surface area contributed by atoms with E-state index >= 15 is 0 Å². The SMILES string of the molecule is Cc1cc2nnc(SCC(=O)NC(c3ccccc3)c3nccs3)n2c(C)n1. The number of fused-ring (bicyclic) bond motifs is 1. The molecule has 7 nitrogen and oxygen atoms in total. The van der Waals surface area contributed by atoms with Crippen LogP contribution in [-0.2, 0) is 4.79 Å². The van der Waals surface area contributed by atoms with Crippen LogP contribution in [0.3, 0.4) is 0 Å². The van der Waals surface area contributed by atoms with Crippen molar-refractivity contribution >= 4 is 34.7 Å². The number of amides is 1. The van der Waals surface area contributed by atoms with E-state index in [9.17, 15) is 4.79 Å². The van der Waals surface area contributed by atoms with Crippen molar-refractivity contribution in [2.24, 2.45) is 0 Å². The summed E-state index contributed by atoms with van der Waals surface area (Å²) in [6.45, 7) is 3.83. The first-order chi connectivity index (χ1) is 13.6. The van der Waals surface area contributed by atoms with Gasteiger partial charge in [-0.15, -0.1) is 21.5 Å². The highest BCUT2D eigenvalue weighted by molar-refractivity contribution is 7.99. The third kappa shape index (κ3) is 3.90. The van der Waals surface area contributed by atoms with Crippen LogP contribution >= 0.6 is 23.1 Å². The minimum absolute atomic E-state index is 0.0940. The van der Waals surface area contributed by atoms with Gasteiger partial charge in [-0.25, -0.2) is 9.97 Å². The van der Waals surface area contributed by atoms with Crippen LogP contribution in [0.5, 0.6) is 0 Å². The van der Waals surface area contributed by atoms with Crippen LogP contribution in [0, 0.1) is 13.8 Å². The molecule has 142 valence electrons. The molecule has 4 aromatic rings. The summed E-state index contributed by atoms with van der Waals surface area (Å²) < 4.78 is 1.86. The van der Waals surface area contributed by atoms with Crippen LogP contribution in [0.15, 0.2) is 53.1 Å². The van der Waals surface area contributed by atoms with Crippen molar-refractivity contribution in [2.75, 3.05) is 5.75 Å². The van der Waals surface area contributed by atoms with E-state index in [4.69, 9.17) is 0 Å². The summed E-state index contributed by atoms with van der Waals surface area (Å²) in [5.74, 6) is 0.930. The fraction of sp³-hybridized carbons (Fsp3) is 0.211. The Kier molecular flexibility index (Phi) is 5.36. The standard InChI is InChI=1S/C19H18N6OS2/c1-12-10-15-23-24-19(25(15)13(2)21-12)28-11-16(26)22-17(18-20-8-9-27-18)14-6-4-3-5-7-14/h3-10,17H,11H2,1-2H3,(H,22,26). The summed E-state index contributed by atoms with van der Waals surface area (Å²) in [5, 5.41) is 14.9. The van der Waals surface area contributed by atoms with Gasteiger partial charge in [0.05, 0.1) is 5.75 Å². The van der Waals surface area contributed by atoms with Gasteiger partial charge in [-0.3, -0.25) is 9.20 Å². The highest BCUT2D eigenvalue weighted by Gasteiger charge is 2.20. The number of hydrogen-bond donors (Lipinski definition) is 1. The van der Waals surface area contributed by atoms with Crippen molar-refractivity contribution < 1.29 is 4.79 Å². The van der Waals surface area contributed by atoms with Crippen LogP contribution in [0.2, 0.25) is 0 Å². The predicted octanol–water partition coefficient (Wildman–Crippen LogP) is 3.20. The molecule has 1 atom stereocenters. The number of thioether (sulfide) groups is 1. The Balaban J connectivity index is 1.49. The third-order valence-corrected chi connectivity index (χ3v) is 5.90. The Morgan fingerprint density at radius 3 is 2.82 bits per heavy atom. The summed E-state index contributed by atoms with van der Waals surface area (Å²) in [6.07, 6.45) is 1.75. The average molecular weight is 411 g/mol. The molecule has 0 radical (unpaired) electrons. The van der Waals surface area contributed by atoms with Crippen molar-refractivity contribution in [1.29, 1.82) is 0 Å². The normalized spacial score (nSPS) is 12.2. The number of thiazole rings is 1. The zero-order valence-electron chi connectivity index (χ0n) is 15.4. The third-order valence-electron chi connectivity index (χ3n) is 4.13. The Bertz CT molecular complexity index is 1090. The molecule has 0 saturated heterocycles. The predicted molar refractivity (Wildman–Crippen MR) is 110 cm³/mol. The summed E-state index contributed by atoms with van der Waals surface area (Å²) in [5.41, 5.74) is 2.62. The molecule has 0 aliphatic heterocycles. The van der Waals surface area contributed by atoms with Gasteiger partial charge in [-0.05, 0) is 19.4 Å². The molecule has 0 spiro atoms. The van der Waals surface area contributed by atoms with Crippen LogP contribution in [0.4, 0.5) is 0 Å². The molecule has 0 aliphatic carbocycles. The number of carbonyl (C=O) groups excluding carboxylic acids is 1. The Labute approximate surface area is 170 Å². The molecule has 0 fully saturated rings. The first-order valence-electron chi connectivity index (χ1n) is 8.67. The zero-order valence-corrected chi connectivity index (χ0v) is 17.0. The minimum atomic E-state index is -0.268. The molecule has 3 aromatic heterocycles. The lowest BCUT2D eigenvalue weighted by molar-refractivity contribution is -0.119. The Morgan fingerprint density at radius 1 is 1.25 bits per heavy atom. The number of aryl methyl sites for hydroxylation is 2. The van der Waals surface area contributed by atoms with E-state index in [1.54, 1.807) is 6.20 Å². The molecule has 28 heavy (non-hydrogen) atoms. The fourth-order valence-corrected chi connectivity index (χ4v) is 4.45. The molecule has 1 unspecified atom stereocenters. The largest absolute Gasteiger partial charge is 0.342 e. The molecule has 3 heterocycles. The molecule has 0 bridgehead atoms. The zero-order chi connectivity index (χ0) is 19.5. The fourth-order valence-electron chi connectivity index (χ4n) is 2.94. The summed E-state index contributed by atoms with van der Waals surface area (Å²) >= 11 is 2.86. The lowest BCUT2D eigenvalue weighted by Crippen LogP contribution is -2.30. The van der Waals surface area contributed by atoms with E-state index in [-0.39, 0.29) is 17.7 Å². The van der Waals surface area contributed by atoms with Crippen molar-refractivity contribution in [3.8, 4) is 0 Å². The number of carbonyl (C=O) groups is 1. The van der Waals surface area contributed by atoms with Crippen LogP contribution in [0.1, 0.15) is 28.1 Å². The topological polar surface area (TPSA) is 85.1 Å². The number of benzene rings is 1. The Hall–Kier alpha value is -2.78. The van der Waals surface area contributed by atoms with Gasteiger partial charge >= 0.3 is 0 Å². The van der Waals surface area contributed by atoms with E-state index in [0.29, 0.717) is 5.16 Å². The van der Waals surface area contributed by atoms with Crippen LogP contribution in [0.25, 0.3) is 5.65 Å². The number of hydrogen-bond acceptors (Lipinski definition) is 7. The molecule has 0 saturated carbocycles. The van der Waals surface area contributed by atoms with Gasteiger partial charge in [0, 0.05) is 23.3 Å². The van der Waals surface area contributed by atoms with Crippen molar-refractivity contribution in [3.63, 3.8) is 0 Å². The van der Waals surface area contributed by atoms with Gasteiger partial charge in [0.25, 0.3) is 0 Å². The van der Waals surface area contributed by atoms with Gasteiger partial charge < -0.3 is 5.32 Å². The second-order valence-corrected chi connectivity index (χ2v) is 8.06. The molecule has 1 amide bonds. The Morgan fingerprint density at radius 2 is 2.07 bits per heavy atom. The minimum Gasteiger partial charge on any atom is -0.342 e. The first kappa shape index (κ1) is 18.6. The van der Waals surface area contributed by atoms with Gasteiger partial charge in [-0.2, -0.15) is 0 Å². The second-order valence-electron chi connectivity index (χ2n) is 6.19. The summed E-state index contributed by atoms with van der Waals surface area (Å²) in [7, 11) is 0. The smallest absolute Gasteiger partial charge is 0.231 e. The molecule has 1 N–H and O–H groups in total. The van der Waals surface area contributed by atoms with Gasteiger partial charge in [-0.1, -0.05) is 42.1 Å². The molecule has 0 aliphatic rings. The first-order valence-corrected chi connectivity index (χ1v) is 10.5. The maximum atomic E-state index is 12.7. The van der Waals surface area contributed by atoms with Crippen molar-refractivity contribution in [2.45, 2.75) is 25.0 Å². The lowest BCUT2D eigenvalue weighted by atomic mass is 10.1. The van der Waals surface area contributed by atoms with Crippen molar-refractivity contribution in [1.82, 2.24) is 29.9 Å². The highest BCUT2D eigenvalue weighted by atomic mass is 32.2. The van der Waals surface area contributed by atoms with E-state index in [1.165, 1.54) is 23.1 Å². The monoisotopic (exact) mass is 410 g/mol. The van der Waals surface area contributed by atoms with Gasteiger partial charge in [0.15, 0.2) is 10.8 Å². The number of rotatable bonds is 6. The van der Waals surface area contributed by atoms with Crippen LogP contribution in [-0.4, -0.2) is 36.2 Å². The highest BCUT2D eigenvalue weighted by Crippen LogP contribution is 2.24. The number of nitrogens with one attached hydrogen (secondary N) is 1. The number of nitrogens with zero attached hydrogens (tertiary/aromatic N) is 5. The lowest BCUT2D eigenvalue weighted by Gasteiger charge is -2.17. The van der Waals surface area contributed by atoms with Crippen molar-refractivity contribution in [3.05, 3.63) is 70.1 Å². The molecular formula is C19H18N6OS2. The molecule has 1 aromatic carbocycles. The van der Waals surface area contributed by atoms with Crippen LogP contribution < -0.4 is 5.32 Å². The van der Waals surface area contributed by atoms with E-state index in [2.05, 4.69) is 25.5 Å². The average Bonchev–Trinajstić information content (AvgIpc) is 3.35. The molecule has 4 rings (SSSR count). The second kappa shape index (κ2) is 8.07. The quantitative estimate of drug-likeness (QED) is 0.492. The van der Waals surface area contributed by atoms with Gasteiger partial charge in [0.1, 0.15) is 16.9 Å². The van der Waals surface area contributed by atoms with E-state index < -0.39 is 0 Å². The molecule has 9 heteroatoms. The van der Waals surface area contributed by atoms with Gasteiger partial charge in [0.2, 0.25) is 5.91 Å². The number of aromatic nitrogens is 5. The maximum Gasteiger partial charge on any atom is 0.231 e. The maximum absolute atomic E-state index is 12.7. The van der Waals surface area contributed by atoms with E-state index in [1.807, 2.05) is 60.0 Å². The van der Waals surface area contributed by atoms with E-state index in [0.717, 1.165) is 27.7 Å². The summed E-state index contributed by atoms with van der Waals surface area (Å²) in [6, 6.07) is 11.4. The summed E-state index contributed by atoms with van der Waals surface area (Å²) in [4.78, 5) is 21.5.